The van der Waals surface area contributed by atoms with Crippen molar-refractivity contribution in [1.82, 2.24) is 0 Å². The van der Waals surface area contributed by atoms with E-state index in [1.54, 1.807) is 6.07 Å². The van der Waals surface area contributed by atoms with Crippen molar-refractivity contribution in [2.24, 2.45) is 5.73 Å². The Bertz CT molecular complexity index is 392. The smallest absolute Gasteiger partial charge is 0.312 e. The Balaban J connectivity index is 3.24. The van der Waals surface area contributed by atoms with Crippen LogP contribution in [0.1, 0.15) is 17.0 Å². The maximum absolute atomic E-state index is 10.9. The number of benzene rings is 1. The van der Waals surface area contributed by atoms with Crippen molar-refractivity contribution in [3.63, 3.8) is 0 Å². The fourth-order valence-corrected chi connectivity index (χ4v) is 1.68. The van der Waals surface area contributed by atoms with Gasteiger partial charge in [0.2, 0.25) is 0 Å². The van der Waals surface area contributed by atoms with Crippen LogP contribution in [0.4, 0.5) is 0 Å². The van der Waals surface area contributed by atoms with Crippen LogP contribution in [0.25, 0.3) is 0 Å². The topological polar surface area (TPSA) is 83.5 Å². The molecule has 0 fully saturated rings. The van der Waals surface area contributed by atoms with Gasteiger partial charge in [0.25, 0.3) is 0 Å². The molecule has 0 spiro atoms. The van der Waals surface area contributed by atoms with Crippen molar-refractivity contribution in [3.05, 3.63) is 27.7 Å². The summed E-state index contributed by atoms with van der Waals surface area (Å²) < 4.78 is 0.759. The van der Waals surface area contributed by atoms with Gasteiger partial charge < -0.3 is 15.9 Å². The van der Waals surface area contributed by atoms with E-state index in [0.717, 1.165) is 10.0 Å². The number of aliphatic carboxylic acids is 1. The SMILES string of the molecule is Cc1cc(O)c(C(CN)C(=O)O)cc1Br. The average molecular weight is 274 g/mol. The van der Waals surface area contributed by atoms with Crippen LogP contribution in [0.2, 0.25) is 0 Å². The van der Waals surface area contributed by atoms with Crippen molar-refractivity contribution in [2.75, 3.05) is 6.54 Å². The first-order valence-electron chi connectivity index (χ1n) is 4.39. The molecule has 0 saturated heterocycles. The summed E-state index contributed by atoms with van der Waals surface area (Å²) in [4.78, 5) is 10.9. The predicted molar refractivity (Wildman–Crippen MR) is 60.0 cm³/mol. The summed E-state index contributed by atoms with van der Waals surface area (Å²) in [7, 11) is 0. The van der Waals surface area contributed by atoms with Gasteiger partial charge in [0, 0.05) is 16.6 Å². The molecular weight excluding hydrogens is 262 g/mol. The van der Waals surface area contributed by atoms with Crippen LogP contribution < -0.4 is 5.73 Å². The van der Waals surface area contributed by atoms with Gasteiger partial charge in [0.15, 0.2) is 0 Å². The van der Waals surface area contributed by atoms with E-state index in [2.05, 4.69) is 15.9 Å². The quantitative estimate of drug-likeness (QED) is 0.781. The molecule has 0 amide bonds. The minimum absolute atomic E-state index is 0.0337. The van der Waals surface area contributed by atoms with Gasteiger partial charge in [-0.05, 0) is 24.6 Å². The van der Waals surface area contributed by atoms with E-state index in [4.69, 9.17) is 10.8 Å². The zero-order valence-electron chi connectivity index (χ0n) is 8.20. The van der Waals surface area contributed by atoms with Gasteiger partial charge in [-0.25, -0.2) is 0 Å². The zero-order chi connectivity index (χ0) is 11.6. The van der Waals surface area contributed by atoms with E-state index in [9.17, 15) is 9.90 Å². The number of aromatic hydroxyl groups is 1. The molecule has 0 aromatic heterocycles. The Hall–Kier alpha value is -1.07. The lowest BCUT2D eigenvalue weighted by Gasteiger charge is -2.13. The first-order valence-corrected chi connectivity index (χ1v) is 5.18. The molecule has 0 aliphatic carbocycles. The first kappa shape index (κ1) is 12.0. The molecule has 0 bridgehead atoms. The Kier molecular flexibility index (Phi) is 3.71. The summed E-state index contributed by atoms with van der Waals surface area (Å²) in [5, 5.41) is 18.5. The van der Waals surface area contributed by atoms with E-state index < -0.39 is 11.9 Å². The normalized spacial score (nSPS) is 12.5. The highest BCUT2D eigenvalue weighted by atomic mass is 79.9. The fourth-order valence-electron chi connectivity index (χ4n) is 1.32. The molecule has 4 nitrogen and oxygen atoms in total. The first-order chi connectivity index (χ1) is 6.97. The highest BCUT2D eigenvalue weighted by molar-refractivity contribution is 9.10. The number of phenolic OH excluding ortho intramolecular Hbond substituents is 1. The highest BCUT2D eigenvalue weighted by Gasteiger charge is 2.22. The van der Waals surface area contributed by atoms with E-state index in [1.807, 2.05) is 6.92 Å². The van der Waals surface area contributed by atoms with E-state index in [0.29, 0.717) is 5.56 Å². The molecule has 1 atom stereocenters. The van der Waals surface area contributed by atoms with Gasteiger partial charge >= 0.3 is 5.97 Å². The second-order valence-electron chi connectivity index (χ2n) is 3.29. The van der Waals surface area contributed by atoms with Crippen LogP contribution in [0.15, 0.2) is 16.6 Å². The summed E-state index contributed by atoms with van der Waals surface area (Å²) in [6.45, 7) is 1.77. The molecular formula is C10H12BrNO3. The third kappa shape index (κ3) is 2.49. The number of rotatable bonds is 3. The van der Waals surface area contributed by atoms with Gasteiger partial charge in [0.05, 0.1) is 5.92 Å². The van der Waals surface area contributed by atoms with Crippen molar-refractivity contribution in [2.45, 2.75) is 12.8 Å². The molecule has 0 aliphatic heterocycles. The molecule has 0 aliphatic rings. The molecule has 1 aromatic carbocycles. The molecule has 0 heterocycles. The van der Waals surface area contributed by atoms with Crippen LogP contribution in [-0.4, -0.2) is 22.7 Å². The molecule has 82 valence electrons. The predicted octanol–water partition coefficient (Wildman–Crippen LogP) is 1.59. The van der Waals surface area contributed by atoms with Gasteiger partial charge in [0.1, 0.15) is 5.75 Å². The van der Waals surface area contributed by atoms with E-state index in [1.165, 1.54) is 6.07 Å². The lowest BCUT2D eigenvalue weighted by Crippen LogP contribution is -2.21. The van der Waals surface area contributed by atoms with Gasteiger partial charge in [-0.2, -0.15) is 0 Å². The molecule has 0 saturated carbocycles. The van der Waals surface area contributed by atoms with Crippen LogP contribution >= 0.6 is 15.9 Å². The third-order valence-electron chi connectivity index (χ3n) is 2.22. The van der Waals surface area contributed by atoms with E-state index >= 15 is 0 Å². The molecule has 0 radical (unpaired) electrons. The minimum atomic E-state index is -1.04. The minimum Gasteiger partial charge on any atom is -0.508 e. The molecule has 1 unspecified atom stereocenters. The highest BCUT2D eigenvalue weighted by Crippen LogP contribution is 2.31. The van der Waals surface area contributed by atoms with Crippen molar-refractivity contribution in [3.8, 4) is 5.75 Å². The fraction of sp³-hybridized carbons (Fsp3) is 0.300. The van der Waals surface area contributed by atoms with Crippen LogP contribution in [-0.2, 0) is 4.79 Å². The number of aryl methyl sites for hydroxylation is 1. The molecule has 4 N–H and O–H groups in total. The number of carboxylic acids is 1. The van der Waals surface area contributed by atoms with Crippen LogP contribution in [0.3, 0.4) is 0 Å². The molecule has 1 aromatic rings. The Morgan fingerprint density at radius 2 is 2.20 bits per heavy atom. The molecule has 1 rings (SSSR count). The summed E-state index contributed by atoms with van der Waals surface area (Å²) in [6, 6.07) is 3.11. The van der Waals surface area contributed by atoms with Gasteiger partial charge in [-0.3, -0.25) is 4.79 Å². The Labute approximate surface area is 95.8 Å². The maximum Gasteiger partial charge on any atom is 0.312 e. The number of nitrogens with two attached hydrogens (primary N) is 1. The number of phenols is 1. The second-order valence-corrected chi connectivity index (χ2v) is 4.14. The zero-order valence-corrected chi connectivity index (χ0v) is 9.78. The number of hydrogen-bond acceptors (Lipinski definition) is 3. The number of carboxylic acid groups (broad SMARTS) is 1. The third-order valence-corrected chi connectivity index (χ3v) is 3.07. The monoisotopic (exact) mass is 273 g/mol. The summed E-state index contributed by atoms with van der Waals surface area (Å²) in [5.74, 6) is -1.95. The van der Waals surface area contributed by atoms with Crippen molar-refractivity contribution in [1.29, 1.82) is 0 Å². The molecule has 15 heavy (non-hydrogen) atoms. The lowest BCUT2D eigenvalue weighted by atomic mass is 9.97. The molecule has 5 heteroatoms. The van der Waals surface area contributed by atoms with E-state index in [-0.39, 0.29) is 12.3 Å². The average Bonchev–Trinajstić information content (AvgIpc) is 2.14. The Morgan fingerprint density at radius 3 is 2.67 bits per heavy atom. The lowest BCUT2D eigenvalue weighted by molar-refractivity contribution is -0.138. The largest absolute Gasteiger partial charge is 0.508 e. The number of hydrogen-bond donors (Lipinski definition) is 3. The second kappa shape index (κ2) is 4.63. The van der Waals surface area contributed by atoms with Gasteiger partial charge in [-0.15, -0.1) is 0 Å². The summed E-state index contributed by atoms with van der Waals surface area (Å²) >= 11 is 3.28. The summed E-state index contributed by atoms with van der Waals surface area (Å²) in [6.07, 6.45) is 0. The summed E-state index contributed by atoms with van der Waals surface area (Å²) in [5.41, 5.74) is 6.54. The number of carbonyl (C=O) groups is 1. The van der Waals surface area contributed by atoms with Crippen LogP contribution in [0.5, 0.6) is 5.75 Å². The van der Waals surface area contributed by atoms with Crippen molar-refractivity contribution < 1.29 is 15.0 Å². The Morgan fingerprint density at radius 1 is 1.60 bits per heavy atom. The van der Waals surface area contributed by atoms with Gasteiger partial charge in [-0.1, -0.05) is 15.9 Å². The maximum atomic E-state index is 10.9. The standard InChI is InChI=1S/C10H12BrNO3/c1-5-2-9(13)6(3-8(5)11)7(4-12)10(14)15/h2-3,7,13H,4,12H2,1H3,(H,14,15). The number of halogens is 1. The van der Waals surface area contributed by atoms with Crippen molar-refractivity contribution >= 4 is 21.9 Å². The van der Waals surface area contributed by atoms with Crippen LogP contribution in [0, 0.1) is 6.92 Å².